The second kappa shape index (κ2) is 5.51. The van der Waals surface area contributed by atoms with Gasteiger partial charge in [0.25, 0.3) is 0 Å². The van der Waals surface area contributed by atoms with Crippen LogP contribution in [-0.4, -0.2) is 37.6 Å². The third-order valence-corrected chi connectivity index (χ3v) is 3.90. The van der Waals surface area contributed by atoms with Crippen LogP contribution in [0.3, 0.4) is 0 Å². The summed E-state index contributed by atoms with van der Waals surface area (Å²) < 4.78 is 37.6. The molecule has 106 valence electrons. The van der Waals surface area contributed by atoms with Crippen molar-refractivity contribution >= 4 is 0 Å². The number of nitrogens with zero attached hydrogens (tertiary/aromatic N) is 1. The van der Waals surface area contributed by atoms with Gasteiger partial charge in [-0.3, -0.25) is 0 Å². The van der Waals surface area contributed by atoms with Crippen LogP contribution >= 0.6 is 0 Å². The molecule has 2 rings (SSSR count). The Morgan fingerprint density at radius 3 is 2.42 bits per heavy atom. The number of hydrogen-bond acceptors (Lipinski definition) is 2. The van der Waals surface area contributed by atoms with Crippen molar-refractivity contribution in [3.8, 4) is 0 Å². The highest BCUT2D eigenvalue weighted by Gasteiger charge is 2.31. The minimum absolute atomic E-state index is 0.208. The van der Waals surface area contributed by atoms with E-state index in [0.29, 0.717) is 6.04 Å². The summed E-state index contributed by atoms with van der Waals surface area (Å²) in [6, 6.07) is 5.85. The summed E-state index contributed by atoms with van der Waals surface area (Å²) in [5.74, 6) is 0.208. The van der Waals surface area contributed by atoms with Crippen LogP contribution in [0.25, 0.3) is 0 Å². The van der Waals surface area contributed by atoms with Crippen LogP contribution in [0.1, 0.15) is 24.0 Å². The molecule has 1 aliphatic heterocycles. The van der Waals surface area contributed by atoms with E-state index in [1.54, 1.807) is 12.1 Å². The van der Waals surface area contributed by atoms with Crippen LogP contribution in [0.4, 0.5) is 13.2 Å². The summed E-state index contributed by atoms with van der Waals surface area (Å²) in [5, 5.41) is 3.33. The van der Waals surface area contributed by atoms with Gasteiger partial charge in [-0.05, 0) is 30.7 Å². The fourth-order valence-corrected chi connectivity index (χ4v) is 2.58. The van der Waals surface area contributed by atoms with Crippen LogP contribution in [0.2, 0.25) is 0 Å². The van der Waals surface area contributed by atoms with Gasteiger partial charge in [0.2, 0.25) is 0 Å². The number of halogens is 3. The van der Waals surface area contributed by atoms with Gasteiger partial charge in [0, 0.05) is 25.7 Å². The van der Waals surface area contributed by atoms with Gasteiger partial charge >= 0.3 is 6.18 Å². The molecule has 1 aromatic rings. The Hall–Kier alpha value is -1.07. The van der Waals surface area contributed by atoms with Gasteiger partial charge in [0.1, 0.15) is 0 Å². The molecule has 0 saturated carbocycles. The molecule has 0 radical (unpaired) electrons. The van der Waals surface area contributed by atoms with Gasteiger partial charge in [-0.1, -0.05) is 19.1 Å². The Balaban J connectivity index is 2.13. The second-order valence-electron chi connectivity index (χ2n) is 5.16. The van der Waals surface area contributed by atoms with Crippen LogP contribution < -0.4 is 5.32 Å². The maximum atomic E-state index is 12.5. The maximum Gasteiger partial charge on any atom is 0.416 e. The number of alkyl halides is 3. The molecular weight excluding hydrogens is 253 g/mol. The van der Waals surface area contributed by atoms with Crippen LogP contribution in [0.5, 0.6) is 0 Å². The Labute approximate surface area is 111 Å². The zero-order valence-corrected chi connectivity index (χ0v) is 11.2. The SMILES string of the molecule is CC(c1ccc(C(F)(F)F)cc1)C1CNCCN1C. The van der Waals surface area contributed by atoms with E-state index in [0.717, 1.165) is 25.2 Å². The Kier molecular flexibility index (Phi) is 4.16. The highest BCUT2D eigenvalue weighted by Crippen LogP contribution is 2.31. The molecule has 2 atom stereocenters. The average Bonchev–Trinajstić information content (AvgIpc) is 2.38. The van der Waals surface area contributed by atoms with Crippen molar-refractivity contribution in [3.05, 3.63) is 35.4 Å². The number of piperazine rings is 1. The molecule has 2 unspecified atom stereocenters. The molecule has 1 fully saturated rings. The van der Waals surface area contributed by atoms with Crippen molar-refractivity contribution in [3.63, 3.8) is 0 Å². The largest absolute Gasteiger partial charge is 0.416 e. The molecule has 19 heavy (non-hydrogen) atoms. The summed E-state index contributed by atoms with van der Waals surface area (Å²) in [5.41, 5.74) is 0.368. The Bertz CT molecular complexity index is 414. The molecule has 0 amide bonds. The van der Waals surface area contributed by atoms with Crippen molar-refractivity contribution < 1.29 is 13.2 Å². The number of benzene rings is 1. The molecular formula is C14H19F3N2. The molecule has 0 aromatic heterocycles. The van der Waals surface area contributed by atoms with Gasteiger partial charge in [-0.2, -0.15) is 13.2 Å². The van der Waals surface area contributed by atoms with Crippen LogP contribution in [-0.2, 0) is 6.18 Å². The van der Waals surface area contributed by atoms with Crippen molar-refractivity contribution in [1.82, 2.24) is 10.2 Å². The highest BCUT2D eigenvalue weighted by atomic mass is 19.4. The first-order valence-electron chi connectivity index (χ1n) is 6.47. The van der Waals surface area contributed by atoms with Gasteiger partial charge in [-0.15, -0.1) is 0 Å². The summed E-state index contributed by atoms with van der Waals surface area (Å²) in [6.45, 7) is 4.87. The van der Waals surface area contributed by atoms with E-state index in [-0.39, 0.29) is 5.92 Å². The molecule has 1 saturated heterocycles. The third-order valence-electron chi connectivity index (χ3n) is 3.90. The number of likely N-dealkylation sites (N-methyl/N-ethyl adjacent to an activating group) is 1. The number of hydrogen-bond donors (Lipinski definition) is 1. The fourth-order valence-electron chi connectivity index (χ4n) is 2.58. The van der Waals surface area contributed by atoms with Crippen LogP contribution in [0, 0.1) is 0 Å². The minimum atomic E-state index is -4.26. The summed E-state index contributed by atoms with van der Waals surface area (Å²) >= 11 is 0. The monoisotopic (exact) mass is 272 g/mol. The Morgan fingerprint density at radius 1 is 1.26 bits per heavy atom. The molecule has 1 aromatic carbocycles. The standard InChI is InChI=1S/C14H19F3N2/c1-10(13-9-18-7-8-19(13)2)11-3-5-12(6-4-11)14(15,16)17/h3-6,10,13,18H,7-9H2,1-2H3. The zero-order chi connectivity index (χ0) is 14.0. The van der Waals surface area contributed by atoms with Gasteiger partial charge in [-0.25, -0.2) is 0 Å². The lowest BCUT2D eigenvalue weighted by Gasteiger charge is -2.37. The average molecular weight is 272 g/mol. The molecule has 0 aliphatic carbocycles. The highest BCUT2D eigenvalue weighted by molar-refractivity contribution is 5.28. The van der Waals surface area contributed by atoms with Gasteiger partial charge < -0.3 is 10.2 Å². The third kappa shape index (κ3) is 3.28. The molecule has 1 N–H and O–H groups in total. The normalized spacial score (nSPS) is 23.3. The van der Waals surface area contributed by atoms with Crippen molar-refractivity contribution in [2.75, 3.05) is 26.7 Å². The van der Waals surface area contributed by atoms with Crippen molar-refractivity contribution in [2.45, 2.75) is 25.1 Å². The second-order valence-corrected chi connectivity index (χ2v) is 5.16. The van der Waals surface area contributed by atoms with Crippen molar-refractivity contribution in [1.29, 1.82) is 0 Å². The first-order valence-corrected chi connectivity index (χ1v) is 6.47. The lowest BCUT2D eigenvalue weighted by Crippen LogP contribution is -2.51. The number of nitrogens with one attached hydrogen (secondary N) is 1. The van der Waals surface area contributed by atoms with E-state index in [1.807, 2.05) is 0 Å². The first-order chi connectivity index (χ1) is 8.89. The lowest BCUT2D eigenvalue weighted by molar-refractivity contribution is -0.137. The van der Waals surface area contributed by atoms with Crippen LogP contribution in [0.15, 0.2) is 24.3 Å². The van der Waals surface area contributed by atoms with Gasteiger partial charge in [0.05, 0.1) is 5.56 Å². The number of rotatable bonds is 2. The maximum absolute atomic E-state index is 12.5. The zero-order valence-electron chi connectivity index (χ0n) is 11.2. The first kappa shape index (κ1) is 14.3. The van der Waals surface area contributed by atoms with E-state index >= 15 is 0 Å². The van der Waals surface area contributed by atoms with Gasteiger partial charge in [0.15, 0.2) is 0 Å². The summed E-state index contributed by atoms with van der Waals surface area (Å²) in [4.78, 5) is 2.26. The van der Waals surface area contributed by atoms with Crippen molar-refractivity contribution in [2.24, 2.45) is 0 Å². The lowest BCUT2D eigenvalue weighted by atomic mass is 9.90. The van der Waals surface area contributed by atoms with E-state index < -0.39 is 11.7 Å². The molecule has 0 spiro atoms. The summed E-state index contributed by atoms with van der Waals surface area (Å²) in [7, 11) is 2.06. The van der Waals surface area contributed by atoms with E-state index in [1.165, 1.54) is 12.1 Å². The van der Waals surface area contributed by atoms with E-state index in [4.69, 9.17) is 0 Å². The molecule has 2 nitrogen and oxygen atoms in total. The topological polar surface area (TPSA) is 15.3 Å². The molecule has 0 bridgehead atoms. The predicted octanol–water partition coefficient (Wildman–Crippen LogP) is 2.71. The smallest absolute Gasteiger partial charge is 0.314 e. The predicted molar refractivity (Wildman–Crippen MR) is 69.1 cm³/mol. The van der Waals surface area contributed by atoms with E-state index in [9.17, 15) is 13.2 Å². The fraction of sp³-hybridized carbons (Fsp3) is 0.571. The molecule has 1 aliphatic rings. The quantitative estimate of drug-likeness (QED) is 0.890. The van der Waals surface area contributed by atoms with E-state index in [2.05, 4.69) is 24.2 Å². The molecule has 5 heteroatoms. The molecule has 1 heterocycles. The Morgan fingerprint density at radius 2 is 1.89 bits per heavy atom. The summed E-state index contributed by atoms with van der Waals surface area (Å²) in [6.07, 6.45) is -4.26. The minimum Gasteiger partial charge on any atom is -0.314 e.